The largest absolute Gasteiger partial charge is 0.353 e. The smallest absolute Gasteiger partial charge is 0.143 e. The molecule has 88 valence electrons. The molecule has 0 aromatic carbocycles. The molecular weight excluding hydrogens is 264 g/mol. The van der Waals surface area contributed by atoms with E-state index in [1.54, 1.807) is 0 Å². The molecule has 0 spiro atoms. The summed E-state index contributed by atoms with van der Waals surface area (Å²) in [5, 5.41) is 0. The molecule has 1 saturated heterocycles. The summed E-state index contributed by atoms with van der Waals surface area (Å²) in [5.41, 5.74) is 1.27. The van der Waals surface area contributed by atoms with Gasteiger partial charge in [0.05, 0.1) is 4.47 Å². The van der Waals surface area contributed by atoms with Gasteiger partial charge in [0.2, 0.25) is 0 Å². The van der Waals surface area contributed by atoms with Crippen LogP contribution in [0.1, 0.15) is 38.2 Å². The van der Waals surface area contributed by atoms with E-state index < -0.39 is 0 Å². The predicted octanol–water partition coefficient (Wildman–Crippen LogP) is 3.92. The number of pyridine rings is 1. The normalized spacial score (nSPS) is 21.2. The van der Waals surface area contributed by atoms with Crippen LogP contribution in [0.25, 0.3) is 0 Å². The van der Waals surface area contributed by atoms with E-state index in [1.807, 2.05) is 6.20 Å². The van der Waals surface area contributed by atoms with Crippen molar-refractivity contribution in [1.29, 1.82) is 0 Å². The Morgan fingerprint density at radius 1 is 1.50 bits per heavy atom. The molecule has 2 nitrogen and oxygen atoms in total. The lowest BCUT2D eigenvalue weighted by Crippen LogP contribution is -2.39. The number of aryl methyl sites for hydroxylation is 1. The summed E-state index contributed by atoms with van der Waals surface area (Å²) in [6.45, 7) is 5.54. The summed E-state index contributed by atoms with van der Waals surface area (Å²) in [6, 6.07) is 2.72. The molecule has 1 fully saturated rings. The molecule has 1 aliphatic rings. The minimum atomic E-state index is 0.666. The molecule has 0 amide bonds. The van der Waals surface area contributed by atoms with Gasteiger partial charge in [-0.2, -0.15) is 0 Å². The molecule has 1 aromatic rings. The van der Waals surface area contributed by atoms with E-state index >= 15 is 0 Å². The predicted molar refractivity (Wildman–Crippen MR) is 72.0 cm³/mol. The quantitative estimate of drug-likeness (QED) is 0.817. The highest BCUT2D eigenvalue weighted by Crippen LogP contribution is 2.32. The van der Waals surface area contributed by atoms with E-state index in [0.29, 0.717) is 6.04 Å². The molecule has 0 N–H and O–H groups in total. The Balaban J connectivity index is 2.30. The van der Waals surface area contributed by atoms with Crippen LogP contribution in [0.5, 0.6) is 0 Å². The number of rotatable bonds is 2. The number of anilines is 1. The maximum Gasteiger partial charge on any atom is 0.143 e. The van der Waals surface area contributed by atoms with E-state index in [4.69, 9.17) is 0 Å². The summed E-state index contributed by atoms with van der Waals surface area (Å²) in [6.07, 6.45) is 7.08. The van der Waals surface area contributed by atoms with E-state index in [-0.39, 0.29) is 0 Å². The van der Waals surface area contributed by atoms with Gasteiger partial charge in [0.1, 0.15) is 5.82 Å². The van der Waals surface area contributed by atoms with Gasteiger partial charge in [-0.1, -0.05) is 6.92 Å². The van der Waals surface area contributed by atoms with Crippen LogP contribution in [0, 0.1) is 6.92 Å². The zero-order valence-electron chi connectivity index (χ0n) is 10.0. The lowest BCUT2D eigenvalue weighted by atomic mass is 10.00. The fraction of sp³-hybridized carbons (Fsp3) is 0.615. The van der Waals surface area contributed by atoms with Crippen LogP contribution in [-0.4, -0.2) is 17.6 Å². The SMILES string of the molecule is CCC1CCCCN1c1nccc(C)c1Br. The third kappa shape index (κ3) is 2.24. The molecule has 0 aliphatic carbocycles. The molecule has 2 rings (SSSR count). The minimum Gasteiger partial charge on any atom is -0.353 e. The second-order valence-electron chi connectivity index (χ2n) is 4.52. The van der Waals surface area contributed by atoms with Crippen LogP contribution in [0.15, 0.2) is 16.7 Å². The first-order valence-corrected chi connectivity index (χ1v) is 6.91. The highest BCUT2D eigenvalue weighted by Gasteiger charge is 2.23. The zero-order valence-corrected chi connectivity index (χ0v) is 11.6. The Morgan fingerprint density at radius 3 is 3.06 bits per heavy atom. The molecule has 0 bridgehead atoms. The lowest BCUT2D eigenvalue weighted by molar-refractivity contribution is 0.446. The van der Waals surface area contributed by atoms with Crippen molar-refractivity contribution in [3.63, 3.8) is 0 Å². The summed E-state index contributed by atoms with van der Waals surface area (Å²) < 4.78 is 1.16. The van der Waals surface area contributed by atoms with Gasteiger partial charge in [-0.15, -0.1) is 0 Å². The van der Waals surface area contributed by atoms with Crippen molar-refractivity contribution in [2.45, 2.75) is 45.6 Å². The van der Waals surface area contributed by atoms with E-state index in [1.165, 1.54) is 31.2 Å². The highest BCUT2D eigenvalue weighted by atomic mass is 79.9. The van der Waals surface area contributed by atoms with E-state index in [9.17, 15) is 0 Å². The number of piperidine rings is 1. The van der Waals surface area contributed by atoms with Crippen LogP contribution in [0.4, 0.5) is 5.82 Å². The summed E-state index contributed by atoms with van der Waals surface area (Å²) in [5.74, 6) is 1.13. The average molecular weight is 283 g/mol. The van der Waals surface area contributed by atoms with Gasteiger partial charge in [-0.05, 0) is 60.2 Å². The van der Waals surface area contributed by atoms with Gasteiger partial charge in [-0.3, -0.25) is 0 Å². The molecule has 1 aromatic heterocycles. The number of nitrogens with zero attached hydrogens (tertiary/aromatic N) is 2. The topological polar surface area (TPSA) is 16.1 Å². The molecule has 2 heterocycles. The monoisotopic (exact) mass is 282 g/mol. The van der Waals surface area contributed by atoms with Crippen molar-refractivity contribution in [3.8, 4) is 0 Å². The molecule has 0 saturated carbocycles. The summed E-state index contributed by atoms with van der Waals surface area (Å²) in [4.78, 5) is 7.01. The first-order valence-electron chi connectivity index (χ1n) is 6.11. The van der Waals surface area contributed by atoms with Gasteiger partial charge >= 0.3 is 0 Å². The van der Waals surface area contributed by atoms with Gasteiger partial charge in [0.25, 0.3) is 0 Å². The summed E-state index contributed by atoms with van der Waals surface area (Å²) in [7, 11) is 0. The number of hydrogen-bond acceptors (Lipinski definition) is 2. The van der Waals surface area contributed by atoms with Crippen LogP contribution >= 0.6 is 15.9 Å². The van der Waals surface area contributed by atoms with Gasteiger partial charge in [-0.25, -0.2) is 4.98 Å². The standard InChI is InChI=1S/C13H19BrN2/c1-3-11-6-4-5-9-16(11)13-12(14)10(2)7-8-15-13/h7-8,11H,3-6,9H2,1-2H3. The summed E-state index contributed by atoms with van der Waals surface area (Å²) >= 11 is 3.67. The fourth-order valence-electron chi connectivity index (χ4n) is 2.43. The van der Waals surface area contributed by atoms with Crippen LogP contribution in [-0.2, 0) is 0 Å². The fourth-order valence-corrected chi connectivity index (χ4v) is 2.89. The van der Waals surface area contributed by atoms with Gasteiger partial charge in [0.15, 0.2) is 0 Å². The van der Waals surface area contributed by atoms with Crippen LogP contribution in [0.2, 0.25) is 0 Å². The third-order valence-corrected chi connectivity index (χ3v) is 4.41. The Bertz CT molecular complexity index is 365. The van der Waals surface area contributed by atoms with Crippen molar-refractivity contribution >= 4 is 21.7 Å². The molecule has 16 heavy (non-hydrogen) atoms. The molecule has 3 heteroatoms. The van der Waals surface area contributed by atoms with Crippen molar-refractivity contribution in [2.24, 2.45) is 0 Å². The first kappa shape index (κ1) is 11.9. The van der Waals surface area contributed by atoms with Crippen molar-refractivity contribution in [1.82, 2.24) is 4.98 Å². The zero-order chi connectivity index (χ0) is 11.5. The molecule has 0 radical (unpaired) electrons. The van der Waals surface area contributed by atoms with Crippen molar-refractivity contribution < 1.29 is 0 Å². The maximum absolute atomic E-state index is 4.54. The van der Waals surface area contributed by atoms with Gasteiger partial charge in [0, 0.05) is 18.8 Å². The molecular formula is C13H19BrN2. The molecule has 1 atom stereocenters. The molecule has 1 aliphatic heterocycles. The average Bonchev–Trinajstić information content (AvgIpc) is 2.33. The number of aromatic nitrogens is 1. The first-order chi connectivity index (χ1) is 7.74. The van der Waals surface area contributed by atoms with Crippen LogP contribution in [0.3, 0.4) is 0 Å². The lowest BCUT2D eigenvalue weighted by Gasteiger charge is -2.36. The number of hydrogen-bond donors (Lipinski definition) is 0. The number of halogens is 1. The van der Waals surface area contributed by atoms with Crippen molar-refractivity contribution in [2.75, 3.05) is 11.4 Å². The Kier molecular flexibility index (Phi) is 3.85. The minimum absolute atomic E-state index is 0.666. The third-order valence-electron chi connectivity index (χ3n) is 3.43. The van der Waals surface area contributed by atoms with E-state index in [2.05, 4.69) is 45.7 Å². The second-order valence-corrected chi connectivity index (χ2v) is 5.31. The Labute approximate surface area is 106 Å². The molecule has 1 unspecified atom stereocenters. The van der Waals surface area contributed by atoms with Crippen molar-refractivity contribution in [3.05, 3.63) is 22.3 Å². The maximum atomic E-state index is 4.54. The van der Waals surface area contributed by atoms with Crippen LogP contribution < -0.4 is 4.90 Å². The second kappa shape index (κ2) is 5.17. The Morgan fingerprint density at radius 2 is 2.31 bits per heavy atom. The Hall–Kier alpha value is -0.570. The van der Waals surface area contributed by atoms with E-state index in [0.717, 1.165) is 16.8 Å². The van der Waals surface area contributed by atoms with Gasteiger partial charge < -0.3 is 4.90 Å². The highest BCUT2D eigenvalue weighted by molar-refractivity contribution is 9.10.